The summed E-state index contributed by atoms with van der Waals surface area (Å²) in [5.41, 5.74) is 1.59. The largest absolute Gasteiger partial charge is 0.241 e. The predicted octanol–water partition coefficient (Wildman–Crippen LogP) is 3.77. The zero-order chi connectivity index (χ0) is 10.3. The van der Waals surface area contributed by atoms with Gasteiger partial charge in [-0.25, -0.2) is 4.98 Å². The monoisotopic (exact) mass is 265 g/mol. The van der Waals surface area contributed by atoms with E-state index in [1.54, 1.807) is 6.07 Å². The Morgan fingerprint density at radius 1 is 1.29 bits per heavy atom. The van der Waals surface area contributed by atoms with Crippen molar-refractivity contribution in [3.8, 4) is 0 Å². The first-order valence-corrected chi connectivity index (χ1v) is 5.06. The summed E-state index contributed by atoms with van der Waals surface area (Å²) in [5, 5.41) is 1.27. The van der Waals surface area contributed by atoms with Gasteiger partial charge in [0.25, 0.3) is 0 Å². The molecule has 3 heteroatoms. The molecule has 0 unspecified atom stereocenters. The van der Waals surface area contributed by atoms with Crippen molar-refractivity contribution in [1.82, 2.24) is 4.98 Å². The highest BCUT2D eigenvalue weighted by atomic mass is 79.9. The lowest BCUT2D eigenvalue weighted by Gasteiger charge is -2.06. The van der Waals surface area contributed by atoms with Gasteiger partial charge in [-0.05, 0) is 52.2 Å². The Bertz CT molecular complexity index is 508. The van der Waals surface area contributed by atoms with Crippen LogP contribution in [0, 0.1) is 13.8 Å². The maximum atomic E-state index is 6.02. The molecule has 0 saturated heterocycles. The summed E-state index contributed by atoms with van der Waals surface area (Å²) in [6.07, 6.45) is 0. The number of pyridine rings is 1. The van der Waals surface area contributed by atoms with E-state index in [0.29, 0.717) is 16.1 Å². The van der Waals surface area contributed by atoms with Crippen LogP contribution in [0.15, 0.2) is 22.8 Å². The maximum absolute atomic E-state index is 6.02. The molecule has 2 aromatic rings. The summed E-state index contributed by atoms with van der Waals surface area (Å²) in [5.74, 6) is 0. The topological polar surface area (TPSA) is 12.9 Å². The summed E-state index contributed by atoms with van der Waals surface area (Å²) >= 11 is 9.30. The standard InChI is InChI=1S/C11H5BrClN/c1-6-5-9-8(11(13)7(6)2)3-4-10(12)14-9/h1-5H. The van der Waals surface area contributed by atoms with Gasteiger partial charge in [0.05, 0.1) is 10.5 Å². The van der Waals surface area contributed by atoms with Gasteiger partial charge in [0.1, 0.15) is 4.60 Å². The Kier molecular flexibility index (Phi) is 2.50. The van der Waals surface area contributed by atoms with Crippen LogP contribution in [0.2, 0.25) is 5.02 Å². The molecular weight excluding hydrogens is 261 g/mol. The van der Waals surface area contributed by atoms with Gasteiger partial charge >= 0.3 is 0 Å². The van der Waals surface area contributed by atoms with Crippen molar-refractivity contribution in [2.75, 3.05) is 0 Å². The van der Waals surface area contributed by atoms with Crippen molar-refractivity contribution < 1.29 is 0 Å². The molecule has 0 atom stereocenters. The van der Waals surface area contributed by atoms with Gasteiger partial charge in [-0.3, -0.25) is 0 Å². The van der Waals surface area contributed by atoms with Crippen LogP contribution in [0.1, 0.15) is 11.1 Å². The molecule has 0 saturated carbocycles. The van der Waals surface area contributed by atoms with Gasteiger partial charge in [0.2, 0.25) is 0 Å². The minimum atomic E-state index is 0.406. The fourth-order valence-corrected chi connectivity index (χ4v) is 1.83. The number of nitrogens with zero attached hydrogens (tertiary/aromatic N) is 1. The van der Waals surface area contributed by atoms with E-state index in [4.69, 9.17) is 25.4 Å². The summed E-state index contributed by atoms with van der Waals surface area (Å²) in [4.78, 5) is 4.24. The Hall–Kier alpha value is -0.600. The summed E-state index contributed by atoms with van der Waals surface area (Å²) in [6, 6.07) is 5.37. The molecule has 0 spiro atoms. The second-order valence-electron chi connectivity index (χ2n) is 2.89. The zero-order valence-corrected chi connectivity index (χ0v) is 9.43. The van der Waals surface area contributed by atoms with Crippen LogP contribution in [0.5, 0.6) is 0 Å². The zero-order valence-electron chi connectivity index (χ0n) is 7.09. The Balaban J connectivity index is 2.91. The van der Waals surface area contributed by atoms with Crippen LogP contribution in [0.3, 0.4) is 0 Å². The highest BCUT2D eigenvalue weighted by molar-refractivity contribution is 9.10. The van der Waals surface area contributed by atoms with Crippen molar-refractivity contribution in [3.05, 3.63) is 52.8 Å². The van der Waals surface area contributed by atoms with Crippen LogP contribution in [0.4, 0.5) is 0 Å². The third-order valence-corrected chi connectivity index (χ3v) is 2.82. The summed E-state index contributed by atoms with van der Waals surface area (Å²) in [6.45, 7) is 11.4. The fourth-order valence-electron chi connectivity index (χ4n) is 1.24. The van der Waals surface area contributed by atoms with Crippen LogP contribution in [-0.2, 0) is 0 Å². The normalized spacial score (nSPS) is 10.9. The van der Waals surface area contributed by atoms with E-state index >= 15 is 0 Å². The molecule has 4 radical (unpaired) electrons. The van der Waals surface area contributed by atoms with Crippen molar-refractivity contribution in [1.29, 1.82) is 0 Å². The number of benzene rings is 1. The lowest BCUT2D eigenvalue weighted by molar-refractivity contribution is 1.34. The molecule has 1 nitrogen and oxygen atoms in total. The summed E-state index contributed by atoms with van der Waals surface area (Å²) in [7, 11) is 0. The average Bonchev–Trinajstić information content (AvgIpc) is 2.14. The fraction of sp³-hybridized carbons (Fsp3) is 0. The molecule has 0 aliphatic carbocycles. The van der Waals surface area contributed by atoms with E-state index in [1.807, 2.05) is 12.1 Å². The van der Waals surface area contributed by atoms with Gasteiger partial charge in [-0.15, -0.1) is 0 Å². The van der Waals surface area contributed by atoms with Crippen LogP contribution in [-0.4, -0.2) is 4.98 Å². The first-order chi connectivity index (χ1) is 6.59. The minimum absolute atomic E-state index is 0.406. The van der Waals surface area contributed by atoms with Crippen LogP contribution in [0.25, 0.3) is 10.9 Å². The predicted molar refractivity (Wildman–Crippen MR) is 61.3 cm³/mol. The number of hydrogen-bond donors (Lipinski definition) is 0. The van der Waals surface area contributed by atoms with Gasteiger partial charge in [0, 0.05) is 12.3 Å². The Morgan fingerprint density at radius 2 is 2.00 bits per heavy atom. The van der Waals surface area contributed by atoms with Crippen molar-refractivity contribution in [3.63, 3.8) is 0 Å². The third kappa shape index (κ3) is 1.53. The molecule has 1 heterocycles. The molecule has 0 N–H and O–H groups in total. The van der Waals surface area contributed by atoms with E-state index < -0.39 is 0 Å². The van der Waals surface area contributed by atoms with Crippen LogP contribution >= 0.6 is 27.5 Å². The molecule has 1 aromatic heterocycles. The minimum Gasteiger partial charge on any atom is -0.241 e. The molecule has 68 valence electrons. The average molecular weight is 267 g/mol. The molecule has 0 fully saturated rings. The lowest BCUT2D eigenvalue weighted by atomic mass is 10.1. The third-order valence-electron chi connectivity index (χ3n) is 1.97. The smallest absolute Gasteiger partial charge is 0.106 e. The molecule has 1 aromatic carbocycles. The van der Waals surface area contributed by atoms with Gasteiger partial charge in [-0.2, -0.15) is 0 Å². The second-order valence-corrected chi connectivity index (χ2v) is 4.08. The van der Waals surface area contributed by atoms with Crippen molar-refractivity contribution in [2.45, 2.75) is 0 Å². The number of aromatic nitrogens is 1. The van der Waals surface area contributed by atoms with Gasteiger partial charge in [0.15, 0.2) is 0 Å². The number of halogens is 2. The molecule has 14 heavy (non-hydrogen) atoms. The first kappa shape index (κ1) is 9.94. The van der Waals surface area contributed by atoms with E-state index in [1.165, 1.54) is 0 Å². The molecule has 2 rings (SSSR count). The maximum Gasteiger partial charge on any atom is 0.106 e. The highest BCUT2D eigenvalue weighted by Gasteiger charge is 2.06. The van der Waals surface area contributed by atoms with E-state index in [-0.39, 0.29) is 0 Å². The SMILES string of the molecule is [CH]c1cc2nc(Br)ccc2c(Cl)c1[CH]. The Labute approximate surface area is 96.2 Å². The molecular formula is C11H5BrClN. The van der Waals surface area contributed by atoms with E-state index in [2.05, 4.69) is 20.9 Å². The van der Waals surface area contributed by atoms with Crippen LogP contribution < -0.4 is 0 Å². The Morgan fingerprint density at radius 3 is 2.71 bits per heavy atom. The molecule has 0 bridgehead atoms. The number of hydrogen-bond acceptors (Lipinski definition) is 1. The summed E-state index contributed by atoms with van der Waals surface area (Å²) < 4.78 is 0.741. The molecule has 0 aliphatic heterocycles. The first-order valence-electron chi connectivity index (χ1n) is 3.89. The quantitative estimate of drug-likeness (QED) is 0.662. The van der Waals surface area contributed by atoms with Crippen molar-refractivity contribution >= 4 is 38.4 Å². The van der Waals surface area contributed by atoms with E-state index in [0.717, 1.165) is 15.5 Å². The molecule has 0 amide bonds. The highest BCUT2D eigenvalue weighted by Crippen LogP contribution is 2.29. The number of fused-ring (bicyclic) bond motifs is 1. The van der Waals surface area contributed by atoms with Gasteiger partial charge in [-0.1, -0.05) is 11.6 Å². The van der Waals surface area contributed by atoms with E-state index in [9.17, 15) is 0 Å². The number of rotatable bonds is 0. The lowest BCUT2D eigenvalue weighted by Crippen LogP contribution is -1.87. The van der Waals surface area contributed by atoms with Gasteiger partial charge < -0.3 is 0 Å². The second kappa shape index (κ2) is 3.52. The molecule has 0 aliphatic rings. The van der Waals surface area contributed by atoms with Crippen molar-refractivity contribution in [2.24, 2.45) is 0 Å².